The minimum atomic E-state index is -0.538. The maximum atomic E-state index is 12.7. The van der Waals surface area contributed by atoms with Gasteiger partial charge in [-0.3, -0.25) is 4.79 Å². The molecule has 4 heteroatoms. The number of nitrogens with one attached hydrogen (secondary N) is 1. The average molecular weight is 253 g/mol. The van der Waals surface area contributed by atoms with Crippen LogP contribution in [0, 0.1) is 5.82 Å². The van der Waals surface area contributed by atoms with E-state index >= 15 is 0 Å². The van der Waals surface area contributed by atoms with Crippen molar-refractivity contribution in [2.24, 2.45) is 0 Å². The maximum absolute atomic E-state index is 12.7. The molecule has 0 aromatic heterocycles. The number of rotatable bonds is 6. The molecule has 2 atom stereocenters. The molecule has 0 aliphatic carbocycles. The van der Waals surface area contributed by atoms with Crippen LogP contribution >= 0.6 is 0 Å². The smallest absolute Gasteiger partial charge is 0.261 e. The lowest BCUT2D eigenvalue weighted by Gasteiger charge is -2.19. The van der Waals surface area contributed by atoms with Crippen molar-refractivity contribution in [3.8, 4) is 5.75 Å². The number of hydrogen-bond donors (Lipinski definition) is 1. The van der Waals surface area contributed by atoms with Crippen LogP contribution in [0.15, 0.2) is 24.3 Å². The molecule has 1 aromatic carbocycles. The van der Waals surface area contributed by atoms with Gasteiger partial charge in [-0.05, 0) is 44.0 Å². The van der Waals surface area contributed by atoms with Gasteiger partial charge in [0.15, 0.2) is 6.10 Å². The lowest BCUT2D eigenvalue weighted by atomic mass is 10.2. The zero-order valence-corrected chi connectivity index (χ0v) is 11.1. The third-order valence-electron chi connectivity index (χ3n) is 2.76. The molecule has 0 bridgehead atoms. The van der Waals surface area contributed by atoms with Crippen LogP contribution in [-0.2, 0) is 4.79 Å². The predicted molar refractivity (Wildman–Crippen MR) is 69.0 cm³/mol. The predicted octanol–water partition coefficient (Wildman–Crippen LogP) is 2.90. The van der Waals surface area contributed by atoms with Gasteiger partial charge in [0, 0.05) is 6.04 Å². The fourth-order valence-corrected chi connectivity index (χ4v) is 1.44. The lowest BCUT2D eigenvalue weighted by molar-refractivity contribution is -0.128. The second kappa shape index (κ2) is 6.99. The molecule has 0 unspecified atom stereocenters. The summed E-state index contributed by atoms with van der Waals surface area (Å²) in [6.45, 7) is 5.83. The Morgan fingerprint density at radius 2 is 1.89 bits per heavy atom. The van der Waals surface area contributed by atoms with Crippen molar-refractivity contribution in [3.63, 3.8) is 0 Å². The quantitative estimate of drug-likeness (QED) is 0.846. The first-order valence-electron chi connectivity index (χ1n) is 6.29. The number of amides is 1. The van der Waals surface area contributed by atoms with E-state index in [2.05, 4.69) is 5.32 Å². The molecule has 1 rings (SSSR count). The number of benzene rings is 1. The Balaban J connectivity index is 2.61. The Kier molecular flexibility index (Phi) is 5.62. The Labute approximate surface area is 107 Å². The molecular weight excluding hydrogens is 233 g/mol. The van der Waals surface area contributed by atoms with Gasteiger partial charge in [0.25, 0.3) is 5.91 Å². The van der Waals surface area contributed by atoms with Crippen LogP contribution in [0.2, 0.25) is 0 Å². The van der Waals surface area contributed by atoms with Crippen LogP contribution in [-0.4, -0.2) is 18.1 Å². The van der Waals surface area contributed by atoms with Gasteiger partial charge < -0.3 is 10.1 Å². The second-order valence-corrected chi connectivity index (χ2v) is 4.29. The SMILES string of the molecule is CC[C@@H](C)NC(=O)[C@@H](CC)Oc1ccc(F)cc1. The third kappa shape index (κ3) is 4.35. The van der Waals surface area contributed by atoms with Gasteiger partial charge in [-0.25, -0.2) is 4.39 Å². The Morgan fingerprint density at radius 3 is 2.39 bits per heavy atom. The molecule has 100 valence electrons. The molecule has 0 saturated carbocycles. The molecule has 18 heavy (non-hydrogen) atoms. The number of halogens is 1. The fourth-order valence-electron chi connectivity index (χ4n) is 1.44. The molecule has 1 N–H and O–H groups in total. The number of hydrogen-bond acceptors (Lipinski definition) is 2. The highest BCUT2D eigenvalue weighted by Crippen LogP contribution is 2.14. The van der Waals surface area contributed by atoms with Crippen molar-refractivity contribution in [1.82, 2.24) is 5.32 Å². The fraction of sp³-hybridized carbons (Fsp3) is 0.500. The monoisotopic (exact) mass is 253 g/mol. The normalized spacial score (nSPS) is 13.8. The van der Waals surface area contributed by atoms with Gasteiger partial charge in [0.05, 0.1) is 0 Å². The van der Waals surface area contributed by atoms with E-state index in [1.54, 1.807) is 0 Å². The summed E-state index contributed by atoms with van der Waals surface area (Å²) in [4.78, 5) is 11.9. The highest BCUT2D eigenvalue weighted by Gasteiger charge is 2.19. The standard InChI is InChI=1S/C14H20FNO2/c1-4-10(3)16-14(17)13(5-2)18-12-8-6-11(15)7-9-12/h6-10,13H,4-5H2,1-3H3,(H,16,17)/t10-,13-/m1/s1. The van der Waals surface area contributed by atoms with Crippen LogP contribution in [0.5, 0.6) is 5.75 Å². The molecule has 0 aliphatic rings. The third-order valence-corrected chi connectivity index (χ3v) is 2.76. The summed E-state index contributed by atoms with van der Waals surface area (Å²) in [6.07, 6.45) is 0.905. The van der Waals surface area contributed by atoms with Crippen molar-refractivity contribution in [3.05, 3.63) is 30.1 Å². The summed E-state index contributed by atoms with van der Waals surface area (Å²) < 4.78 is 18.3. The summed E-state index contributed by atoms with van der Waals surface area (Å²) in [7, 11) is 0. The van der Waals surface area contributed by atoms with E-state index in [-0.39, 0.29) is 17.8 Å². The summed E-state index contributed by atoms with van der Waals surface area (Å²) in [5.41, 5.74) is 0. The molecule has 0 heterocycles. The average Bonchev–Trinajstić information content (AvgIpc) is 2.37. The van der Waals surface area contributed by atoms with Crippen molar-refractivity contribution in [2.45, 2.75) is 45.8 Å². The molecular formula is C14H20FNO2. The molecule has 0 aliphatic heterocycles. The Morgan fingerprint density at radius 1 is 1.28 bits per heavy atom. The number of ether oxygens (including phenoxy) is 1. The first-order chi connectivity index (χ1) is 8.56. The molecule has 3 nitrogen and oxygen atoms in total. The molecule has 0 fully saturated rings. The van der Waals surface area contributed by atoms with E-state index in [1.807, 2.05) is 20.8 Å². The Bertz CT molecular complexity index is 378. The van der Waals surface area contributed by atoms with Crippen LogP contribution in [0.1, 0.15) is 33.6 Å². The molecule has 1 aromatic rings. The second-order valence-electron chi connectivity index (χ2n) is 4.29. The van der Waals surface area contributed by atoms with Gasteiger partial charge in [-0.2, -0.15) is 0 Å². The highest BCUT2D eigenvalue weighted by atomic mass is 19.1. The molecule has 0 saturated heterocycles. The van der Waals surface area contributed by atoms with E-state index < -0.39 is 6.10 Å². The summed E-state index contributed by atoms with van der Waals surface area (Å²) in [5, 5.41) is 2.87. The largest absolute Gasteiger partial charge is 0.481 e. The minimum Gasteiger partial charge on any atom is -0.481 e. The van der Waals surface area contributed by atoms with Crippen LogP contribution in [0.3, 0.4) is 0 Å². The van der Waals surface area contributed by atoms with Gasteiger partial charge in [-0.1, -0.05) is 13.8 Å². The van der Waals surface area contributed by atoms with Crippen molar-refractivity contribution < 1.29 is 13.9 Å². The number of carbonyl (C=O) groups excluding carboxylic acids is 1. The van der Waals surface area contributed by atoms with Gasteiger partial charge >= 0.3 is 0 Å². The zero-order valence-electron chi connectivity index (χ0n) is 11.1. The lowest BCUT2D eigenvalue weighted by Crippen LogP contribution is -2.42. The van der Waals surface area contributed by atoms with Crippen LogP contribution in [0.25, 0.3) is 0 Å². The zero-order chi connectivity index (χ0) is 13.5. The van der Waals surface area contributed by atoms with Gasteiger partial charge in [0.1, 0.15) is 11.6 Å². The topological polar surface area (TPSA) is 38.3 Å². The van der Waals surface area contributed by atoms with E-state index in [0.717, 1.165) is 6.42 Å². The first-order valence-corrected chi connectivity index (χ1v) is 6.29. The summed E-state index contributed by atoms with van der Waals surface area (Å²) in [5.74, 6) is 0.0539. The van der Waals surface area contributed by atoms with Gasteiger partial charge in [-0.15, -0.1) is 0 Å². The van der Waals surface area contributed by atoms with Crippen molar-refractivity contribution in [1.29, 1.82) is 0 Å². The number of carbonyl (C=O) groups is 1. The molecule has 0 spiro atoms. The van der Waals surface area contributed by atoms with Gasteiger partial charge in [0.2, 0.25) is 0 Å². The molecule has 1 amide bonds. The summed E-state index contributed by atoms with van der Waals surface area (Å²) >= 11 is 0. The van der Waals surface area contributed by atoms with E-state index in [0.29, 0.717) is 12.2 Å². The molecule has 0 radical (unpaired) electrons. The van der Waals surface area contributed by atoms with Crippen molar-refractivity contribution in [2.75, 3.05) is 0 Å². The van der Waals surface area contributed by atoms with E-state index in [1.165, 1.54) is 24.3 Å². The first kappa shape index (κ1) is 14.5. The van der Waals surface area contributed by atoms with Crippen LogP contribution < -0.4 is 10.1 Å². The van der Waals surface area contributed by atoms with Crippen molar-refractivity contribution >= 4 is 5.91 Å². The Hall–Kier alpha value is -1.58. The summed E-state index contributed by atoms with van der Waals surface area (Å²) in [6, 6.07) is 5.80. The minimum absolute atomic E-state index is 0.128. The van der Waals surface area contributed by atoms with E-state index in [4.69, 9.17) is 4.74 Å². The van der Waals surface area contributed by atoms with E-state index in [9.17, 15) is 9.18 Å². The van der Waals surface area contributed by atoms with Crippen LogP contribution in [0.4, 0.5) is 4.39 Å². The maximum Gasteiger partial charge on any atom is 0.261 e. The highest BCUT2D eigenvalue weighted by molar-refractivity contribution is 5.81.